The highest BCUT2D eigenvalue weighted by molar-refractivity contribution is 5.95. The maximum absolute atomic E-state index is 13.9. The minimum absolute atomic E-state index is 0.0558. The second-order valence-electron chi connectivity index (χ2n) is 5.47. The molecular weight excluding hydrogens is 290 g/mol. The summed E-state index contributed by atoms with van der Waals surface area (Å²) in [6.45, 7) is 1.23. The van der Waals surface area contributed by atoms with Crippen molar-refractivity contribution in [3.05, 3.63) is 35.1 Å². The number of alkyl halides is 3. The van der Waals surface area contributed by atoms with E-state index in [2.05, 4.69) is 5.32 Å². The SMILES string of the molecule is CC(CO)(NC(=O)c1cccc(C(F)(F)F)c1F)C1CC1. The molecular formula is C14H15F4NO2. The summed E-state index contributed by atoms with van der Waals surface area (Å²) >= 11 is 0. The molecule has 1 amide bonds. The summed E-state index contributed by atoms with van der Waals surface area (Å²) in [6.07, 6.45) is -3.25. The third-order valence-electron chi connectivity index (χ3n) is 3.75. The van der Waals surface area contributed by atoms with Crippen molar-refractivity contribution in [1.82, 2.24) is 5.32 Å². The van der Waals surface area contributed by atoms with Gasteiger partial charge in [0.05, 0.1) is 23.3 Å². The average Bonchev–Trinajstić information content (AvgIpc) is 3.21. The Balaban J connectivity index is 2.28. The van der Waals surface area contributed by atoms with Crippen LogP contribution < -0.4 is 5.32 Å². The molecule has 1 unspecified atom stereocenters. The molecule has 1 fully saturated rings. The Kier molecular flexibility index (Phi) is 3.97. The van der Waals surface area contributed by atoms with Crippen LogP contribution in [0.1, 0.15) is 35.7 Å². The highest BCUT2D eigenvalue weighted by Gasteiger charge is 2.43. The number of carbonyl (C=O) groups excluding carboxylic acids is 1. The summed E-state index contributed by atoms with van der Waals surface area (Å²) in [7, 11) is 0. The maximum atomic E-state index is 13.9. The molecule has 7 heteroatoms. The number of aliphatic hydroxyl groups is 1. The van der Waals surface area contributed by atoms with Crippen molar-refractivity contribution in [1.29, 1.82) is 0 Å². The fourth-order valence-corrected chi connectivity index (χ4v) is 2.24. The van der Waals surface area contributed by atoms with Crippen LogP contribution in [0.4, 0.5) is 17.6 Å². The second kappa shape index (κ2) is 5.29. The van der Waals surface area contributed by atoms with E-state index in [1.54, 1.807) is 6.92 Å². The molecule has 0 aliphatic heterocycles. The summed E-state index contributed by atoms with van der Waals surface area (Å²) < 4.78 is 51.7. The molecule has 0 saturated heterocycles. The third kappa shape index (κ3) is 3.18. The lowest BCUT2D eigenvalue weighted by atomic mass is 9.96. The van der Waals surface area contributed by atoms with Gasteiger partial charge in [-0.05, 0) is 37.8 Å². The normalized spacial score (nSPS) is 18.2. The molecule has 1 aliphatic rings. The molecule has 1 aromatic rings. The van der Waals surface area contributed by atoms with E-state index < -0.39 is 34.6 Å². The molecule has 0 spiro atoms. The maximum Gasteiger partial charge on any atom is 0.419 e. The largest absolute Gasteiger partial charge is 0.419 e. The number of aliphatic hydroxyl groups excluding tert-OH is 1. The van der Waals surface area contributed by atoms with Crippen LogP contribution in [0.5, 0.6) is 0 Å². The van der Waals surface area contributed by atoms with Gasteiger partial charge in [0, 0.05) is 0 Å². The number of hydrogen-bond donors (Lipinski definition) is 2. The van der Waals surface area contributed by atoms with Crippen molar-refractivity contribution < 1.29 is 27.5 Å². The third-order valence-corrected chi connectivity index (χ3v) is 3.75. The predicted octanol–water partition coefficient (Wildman–Crippen LogP) is 2.74. The molecule has 0 bridgehead atoms. The van der Waals surface area contributed by atoms with Gasteiger partial charge in [-0.25, -0.2) is 4.39 Å². The molecule has 1 aliphatic carbocycles. The Hall–Kier alpha value is -1.63. The molecule has 0 heterocycles. The first-order valence-electron chi connectivity index (χ1n) is 6.48. The average molecular weight is 305 g/mol. The quantitative estimate of drug-likeness (QED) is 0.840. The molecule has 116 valence electrons. The zero-order valence-electron chi connectivity index (χ0n) is 11.3. The van der Waals surface area contributed by atoms with Gasteiger partial charge in [-0.2, -0.15) is 13.2 Å². The van der Waals surface area contributed by atoms with Gasteiger partial charge in [0.15, 0.2) is 0 Å². The van der Waals surface area contributed by atoms with Gasteiger partial charge in [0.1, 0.15) is 5.82 Å². The molecule has 1 aromatic carbocycles. The first-order chi connectivity index (χ1) is 9.69. The van der Waals surface area contributed by atoms with E-state index >= 15 is 0 Å². The Morgan fingerprint density at radius 2 is 2.00 bits per heavy atom. The van der Waals surface area contributed by atoms with Gasteiger partial charge in [-0.15, -0.1) is 0 Å². The number of nitrogens with one attached hydrogen (secondary N) is 1. The highest BCUT2D eigenvalue weighted by atomic mass is 19.4. The smallest absolute Gasteiger partial charge is 0.394 e. The second-order valence-corrected chi connectivity index (χ2v) is 5.47. The lowest BCUT2D eigenvalue weighted by Crippen LogP contribution is -2.51. The van der Waals surface area contributed by atoms with Crippen LogP contribution in [-0.4, -0.2) is 23.2 Å². The monoisotopic (exact) mass is 305 g/mol. The van der Waals surface area contributed by atoms with Crippen LogP contribution in [0, 0.1) is 11.7 Å². The molecule has 1 atom stereocenters. The fraction of sp³-hybridized carbons (Fsp3) is 0.500. The van der Waals surface area contributed by atoms with E-state index in [1.165, 1.54) is 0 Å². The van der Waals surface area contributed by atoms with E-state index in [0.717, 1.165) is 25.0 Å². The number of carbonyl (C=O) groups is 1. The van der Waals surface area contributed by atoms with Crippen LogP contribution in [0.2, 0.25) is 0 Å². The molecule has 1 saturated carbocycles. The van der Waals surface area contributed by atoms with E-state index in [4.69, 9.17) is 0 Å². The van der Waals surface area contributed by atoms with Crippen molar-refractivity contribution in [3.8, 4) is 0 Å². The Morgan fingerprint density at radius 1 is 1.38 bits per heavy atom. The van der Waals surface area contributed by atoms with Gasteiger partial charge in [0.2, 0.25) is 0 Å². The van der Waals surface area contributed by atoms with Crippen LogP contribution in [0.25, 0.3) is 0 Å². The van der Waals surface area contributed by atoms with Crippen molar-refractivity contribution in [2.24, 2.45) is 5.92 Å². The molecule has 0 aromatic heterocycles. The van der Waals surface area contributed by atoms with E-state index in [-0.39, 0.29) is 12.5 Å². The number of amides is 1. The van der Waals surface area contributed by atoms with Gasteiger partial charge < -0.3 is 10.4 Å². The first-order valence-corrected chi connectivity index (χ1v) is 6.48. The number of benzene rings is 1. The number of halogens is 4. The predicted molar refractivity (Wildman–Crippen MR) is 67.1 cm³/mol. The topological polar surface area (TPSA) is 49.3 Å². The number of rotatable bonds is 4. The van der Waals surface area contributed by atoms with Gasteiger partial charge in [-0.3, -0.25) is 4.79 Å². The van der Waals surface area contributed by atoms with Crippen molar-refractivity contribution in [2.75, 3.05) is 6.61 Å². The van der Waals surface area contributed by atoms with Crippen molar-refractivity contribution >= 4 is 5.91 Å². The van der Waals surface area contributed by atoms with Crippen LogP contribution in [0.3, 0.4) is 0 Å². The zero-order valence-corrected chi connectivity index (χ0v) is 11.3. The summed E-state index contributed by atoms with van der Waals surface area (Å²) in [5.41, 5.74) is -3.10. The highest BCUT2D eigenvalue weighted by Crippen LogP contribution is 2.39. The Morgan fingerprint density at radius 3 is 2.48 bits per heavy atom. The lowest BCUT2D eigenvalue weighted by molar-refractivity contribution is -0.140. The standard InChI is InChI=1S/C14H15F4NO2/c1-13(7-20,8-5-6-8)19-12(21)9-3-2-4-10(11(9)15)14(16,17)18/h2-4,8,20H,5-7H2,1H3,(H,19,21). The van der Waals surface area contributed by atoms with Gasteiger partial charge >= 0.3 is 6.18 Å². The van der Waals surface area contributed by atoms with Crippen LogP contribution >= 0.6 is 0 Å². The number of hydrogen-bond acceptors (Lipinski definition) is 2. The summed E-state index contributed by atoms with van der Waals surface area (Å²) in [5, 5.41) is 11.8. The molecule has 2 N–H and O–H groups in total. The van der Waals surface area contributed by atoms with Gasteiger partial charge in [0.25, 0.3) is 5.91 Å². The van der Waals surface area contributed by atoms with E-state index in [9.17, 15) is 27.5 Å². The lowest BCUT2D eigenvalue weighted by Gasteiger charge is -2.29. The van der Waals surface area contributed by atoms with Gasteiger partial charge in [-0.1, -0.05) is 6.07 Å². The Labute approximate surface area is 119 Å². The van der Waals surface area contributed by atoms with E-state index in [0.29, 0.717) is 6.07 Å². The molecule has 21 heavy (non-hydrogen) atoms. The van der Waals surface area contributed by atoms with E-state index in [1.807, 2.05) is 0 Å². The van der Waals surface area contributed by atoms with Crippen LogP contribution in [-0.2, 0) is 6.18 Å². The minimum Gasteiger partial charge on any atom is -0.394 e. The first kappa shape index (κ1) is 15.8. The summed E-state index contributed by atoms with van der Waals surface area (Å²) in [5.74, 6) is -2.50. The Bertz CT molecular complexity index is 554. The summed E-state index contributed by atoms with van der Waals surface area (Å²) in [6, 6.07) is 2.55. The molecule has 3 nitrogen and oxygen atoms in total. The fourth-order valence-electron chi connectivity index (χ4n) is 2.24. The minimum atomic E-state index is -4.86. The van der Waals surface area contributed by atoms with Crippen molar-refractivity contribution in [2.45, 2.75) is 31.5 Å². The van der Waals surface area contributed by atoms with Crippen molar-refractivity contribution in [3.63, 3.8) is 0 Å². The zero-order chi connectivity index (χ0) is 15.8. The molecule has 2 rings (SSSR count). The van der Waals surface area contributed by atoms with Crippen LogP contribution in [0.15, 0.2) is 18.2 Å². The summed E-state index contributed by atoms with van der Waals surface area (Å²) in [4.78, 5) is 12.0. The molecule has 0 radical (unpaired) electrons.